The van der Waals surface area contributed by atoms with Crippen LogP contribution in [0.25, 0.3) is 6.08 Å². The Hall–Kier alpha value is -3.40. The Labute approximate surface area is 205 Å². The Morgan fingerprint density at radius 3 is 2.61 bits per heavy atom. The van der Waals surface area contributed by atoms with Crippen LogP contribution in [-0.4, -0.2) is 5.91 Å². The lowest BCUT2D eigenvalue weighted by molar-refractivity contribution is -0.112. The van der Waals surface area contributed by atoms with Gasteiger partial charge in [-0.05, 0) is 81.5 Å². The van der Waals surface area contributed by atoms with Crippen LogP contribution in [0.4, 0.5) is 10.1 Å². The highest BCUT2D eigenvalue weighted by molar-refractivity contribution is 9.10. The summed E-state index contributed by atoms with van der Waals surface area (Å²) in [6.45, 7) is 4.13. The zero-order chi connectivity index (χ0) is 23.8. The number of anilines is 1. The number of halogens is 3. The Morgan fingerprint density at radius 1 is 1.21 bits per heavy atom. The lowest BCUT2D eigenvalue weighted by atomic mass is 10.0. The quantitative estimate of drug-likeness (QED) is 0.194. The number of amides is 1. The van der Waals surface area contributed by atoms with Crippen molar-refractivity contribution in [1.82, 2.24) is 0 Å². The molecule has 1 amide bonds. The standard InChI is InChI=1S/C26H19BrClFN2O2/c1-2-5-19-12-18(13-20(15-30)26(32)31-24-7-4-3-6-23(24)29)14-22(27)25(19)33-16-17-8-10-21(28)11-9-17/h2-4,6-14H,1,5,16H2,(H,31,32)/b20-13-. The van der Waals surface area contributed by atoms with Crippen LogP contribution < -0.4 is 10.1 Å². The second-order valence-electron chi connectivity index (χ2n) is 7.00. The molecule has 0 saturated heterocycles. The van der Waals surface area contributed by atoms with E-state index in [1.54, 1.807) is 30.3 Å². The molecule has 0 saturated carbocycles. The number of carbonyl (C=O) groups excluding carboxylic acids is 1. The van der Waals surface area contributed by atoms with E-state index in [0.29, 0.717) is 33.8 Å². The number of allylic oxidation sites excluding steroid dienone is 1. The second kappa shape index (κ2) is 11.5. The van der Waals surface area contributed by atoms with E-state index in [1.807, 2.05) is 24.3 Å². The van der Waals surface area contributed by atoms with Gasteiger partial charge in [-0.25, -0.2) is 4.39 Å². The molecule has 0 bridgehead atoms. The summed E-state index contributed by atoms with van der Waals surface area (Å²) in [6.07, 6.45) is 3.69. The van der Waals surface area contributed by atoms with Crippen LogP contribution >= 0.6 is 27.5 Å². The first-order chi connectivity index (χ1) is 15.9. The van der Waals surface area contributed by atoms with Gasteiger partial charge in [0, 0.05) is 5.02 Å². The summed E-state index contributed by atoms with van der Waals surface area (Å²) in [5.41, 5.74) is 2.23. The van der Waals surface area contributed by atoms with Gasteiger partial charge in [-0.3, -0.25) is 4.79 Å². The summed E-state index contributed by atoms with van der Waals surface area (Å²) in [5, 5.41) is 12.6. The number of benzene rings is 3. The average Bonchev–Trinajstić information content (AvgIpc) is 2.79. The maximum absolute atomic E-state index is 13.8. The van der Waals surface area contributed by atoms with E-state index in [-0.39, 0.29) is 11.3 Å². The summed E-state index contributed by atoms with van der Waals surface area (Å²) < 4.78 is 20.5. The van der Waals surface area contributed by atoms with E-state index in [2.05, 4.69) is 27.8 Å². The van der Waals surface area contributed by atoms with Crippen molar-refractivity contribution < 1.29 is 13.9 Å². The summed E-state index contributed by atoms with van der Waals surface area (Å²) >= 11 is 9.45. The van der Waals surface area contributed by atoms with Crippen molar-refractivity contribution >= 4 is 45.2 Å². The summed E-state index contributed by atoms with van der Waals surface area (Å²) in [6, 6.07) is 18.6. The summed E-state index contributed by atoms with van der Waals surface area (Å²) in [7, 11) is 0. The molecule has 0 atom stereocenters. The Bertz CT molecular complexity index is 1250. The smallest absolute Gasteiger partial charge is 0.266 e. The fourth-order valence-electron chi connectivity index (χ4n) is 3.03. The number of nitrogens with one attached hydrogen (secondary N) is 1. The molecule has 0 aliphatic rings. The predicted octanol–water partition coefficient (Wildman–Crippen LogP) is 7.09. The highest BCUT2D eigenvalue weighted by atomic mass is 79.9. The van der Waals surface area contributed by atoms with Crippen LogP contribution in [0.1, 0.15) is 16.7 Å². The minimum atomic E-state index is -0.702. The first kappa shape index (κ1) is 24.2. The minimum absolute atomic E-state index is 0.00289. The molecule has 0 spiro atoms. The highest BCUT2D eigenvalue weighted by Gasteiger charge is 2.14. The molecule has 0 aromatic heterocycles. The van der Waals surface area contributed by atoms with Crippen molar-refractivity contribution in [2.24, 2.45) is 0 Å². The lowest BCUT2D eigenvalue weighted by Gasteiger charge is -2.14. The van der Waals surface area contributed by atoms with Gasteiger partial charge in [-0.15, -0.1) is 6.58 Å². The molecule has 0 aliphatic heterocycles. The van der Waals surface area contributed by atoms with Crippen LogP contribution in [0.5, 0.6) is 5.75 Å². The van der Waals surface area contributed by atoms with Gasteiger partial charge in [0.15, 0.2) is 0 Å². The zero-order valence-corrected chi connectivity index (χ0v) is 19.8. The van der Waals surface area contributed by atoms with E-state index in [9.17, 15) is 14.4 Å². The van der Waals surface area contributed by atoms with Crippen LogP contribution in [0, 0.1) is 17.1 Å². The minimum Gasteiger partial charge on any atom is -0.487 e. The Balaban J connectivity index is 1.86. The topological polar surface area (TPSA) is 62.1 Å². The second-order valence-corrected chi connectivity index (χ2v) is 8.29. The third-order valence-electron chi connectivity index (χ3n) is 4.60. The molecule has 0 radical (unpaired) electrons. The SMILES string of the molecule is C=CCc1cc(/C=C(/C#N)C(=O)Nc2ccccc2F)cc(Br)c1OCc1ccc(Cl)cc1. The molecule has 0 aliphatic carbocycles. The maximum Gasteiger partial charge on any atom is 0.266 e. The summed E-state index contributed by atoms with van der Waals surface area (Å²) in [5.74, 6) is -0.648. The van der Waals surface area contributed by atoms with Crippen molar-refractivity contribution in [2.45, 2.75) is 13.0 Å². The fourth-order valence-corrected chi connectivity index (χ4v) is 3.79. The maximum atomic E-state index is 13.8. The Morgan fingerprint density at radius 2 is 1.94 bits per heavy atom. The zero-order valence-electron chi connectivity index (χ0n) is 17.4. The van der Waals surface area contributed by atoms with Gasteiger partial charge in [-0.2, -0.15) is 5.26 Å². The van der Waals surface area contributed by atoms with E-state index >= 15 is 0 Å². The number of carbonyl (C=O) groups is 1. The number of hydrogen-bond donors (Lipinski definition) is 1. The molecule has 4 nitrogen and oxygen atoms in total. The predicted molar refractivity (Wildman–Crippen MR) is 132 cm³/mol. The van der Waals surface area contributed by atoms with Crippen LogP contribution in [0.2, 0.25) is 5.02 Å². The van der Waals surface area contributed by atoms with Crippen molar-refractivity contribution in [3.63, 3.8) is 0 Å². The third kappa shape index (κ3) is 6.55. The van der Waals surface area contributed by atoms with Gasteiger partial charge in [0.2, 0.25) is 0 Å². The van der Waals surface area contributed by atoms with Crippen molar-refractivity contribution in [2.75, 3.05) is 5.32 Å². The molecule has 0 fully saturated rings. The van der Waals surface area contributed by atoms with Gasteiger partial charge >= 0.3 is 0 Å². The van der Waals surface area contributed by atoms with E-state index in [0.717, 1.165) is 11.1 Å². The number of ether oxygens (including phenoxy) is 1. The molecule has 1 N–H and O–H groups in total. The number of nitrogens with zero attached hydrogens (tertiary/aromatic N) is 1. The number of hydrogen-bond acceptors (Lipinski definition) is 3. The van der Waals surface area contributed by atoms with E-state index < -0.39 is 11.7 Å². The van der Waals surface area contributed by atoms with Gasteiger partial charge in [-0.1, -0.05) is 41.9 Å². The lowest BCUT2D eigenvalue weighted by Crippen LogP contribution is -2.14. The van der Waals surface area contributed by atoms with E-state index in [1.165, 1.54) is 24.3 Å². The van der Waals surface area contributed by atoms with Crippen LogP contribution in [0.15, 0.2) is 83.4 Å². The van der Waals surface area contributed by atoms with Crippen LogP contribution in [0.3, 0.4) is 0 Å². The average molecular weight is 526 g/mol. The molecule has 0 heterocycles. The molecule has 166 valence electrons. The van der Waals surface area contributed by atoms with Crippen LogP contribution in [-0.2, 0) is 17.8 Å². The monoisotopic (exact) mass is 524 g/mol. The Kier molecular flexibility index (Phi) is 8.42. The summed E-state index contributed by atoms with van der Waals surface area (Å²) in [4.78, 5) is 12.5. The van der Waals surface area contributed by atoms with Gasteiger partial charge in [0.25, 0.3) is 5.91 Å². The van der Waals surface area contributed by atoms with E-state index in [4.69, 9.17) is 16.3 Å². The molecule has 3 aromatic carbocycles. The number of rotatable bonds is 8. The van der Waals surface area contributed by atoms with Gasteiger partial charge < -0.3 is 10.1 Å². The largest absolute Gasteiger partial charge is 0.487 e. The van der Waals surface area contributed by atoms with Crippen molar-refractivity contribution in [3.8, 4) is 11.8 Å². The molecule has 3 rings (SSSR count). The first-order valence-electron chi connectivity index (χ1n) is 9.89. The molecule has 33 heavy (non-hydrogen) atoms. The van der Waals surface area contributed by atoms with Gasteiger partial charge in [0.1, 0.15) is 29.8 Å². The number of nitriles is 1. The van der Waals surface area contributed by atoms with Crippen molar-refractivity contribution in [3.05, 3.63) is 111 Å². The highest BCUT2D eigenvalue weighted by Crippen LogP contribution is 2.33. The molecule has 0 unspecified atom stereocenters. The third-order valence-corrected chi connectivity index (χ3v) is 5.44. The first-order valence-corrected chi connectivity index (χ1v) is 11.1. The fraction of sp³-hybridized carbons (Fsp3) is 0.0769. The molecular formula is C26H19BrClFN2O2. The van der Waals surface area contributed by atoms with Gasteiger partial charge in [0.05, 0.1) is 10.2 Å². The number of para-hydroxylation sites is 1. The normalized spacial score (nSPS) is 10.9. The molecule has 3 aromatic rings. The molecule has 7 heteroatoms. The van der Waals surface area contributed by atoms with Crippen molar-refractivity contribution in [1.29, 1.82) is 5.26 Å². The molecular weight excluding hydrogens is 507 g/mol.